The quantitative estimate of drug-likeness (QED) is 0.888. The van der Waals surface area contributed by atoms with Crippen molar-refractivity contribution in [1.29, 1.82) is 0 Å². The second kappa shape index (κ2) is 5.92. The normalized spacial score (nSPS) is 24.2. The Morgan fingerprint density at radius 2 is 2.00 bits per heavy atom. The van der Waals surface area contributed by atoms with Gasteiger partial charge in [0.1, 0.15) is 0 Å². The summed E-state index contributed by atoms with van der Waals surface area (Å²) in [6.45, 7) is 4.42. The largest absolute Gasteiger partial charge is 0.478 e. The highest BCUT2D eigenvalue weighted by atomic mass is 79.9. The topological polar surface area (TPSA) is 52.6 Å². The van der Waals surface area contributed by atoms with Gasteiger partial charge < -0.3 is 10.5 Å². The zero-order valence-electron chi connectivity index (χ0n) is 11.2. The first-order valence-corrected chi connectivity index (χ1v) is 7.36. The lowest BCUT2D eigenvalue weighted by molar-refractivity contribution is 0.0697. The molecule has 1 saturated heterocycles. The molecule has 2 unspecified atom stereocenters. The number of anilines is 1. The Labute approximate surface area is 121 Å². The molecule has 1 aromatic carbocycles. The van der Waals surface area contributed by atoms with Gasteiger partial charge in [0.2, 0.25) is 0 Å². The van der Waals surface area contributed by atoms with Crippen molar-refractivity contribution in [2.24, 2.45) is 0 Å². The molecule has 19 heavy (non-hydrogen) atoms. The molecule has 0 radical (unpaired) electrons. The molecule has 1 heterocycles. The maximum absolute atomic E-state index is 10.9. The molecule has 4 nitrogen and oxygen atoms in total. The van der Waals surface area contributed by atoms with Gasteiger partial charge in [0.15, 0.2) is 0 Å². The molecule has 5 heteroatoms. The molecule has 0 saturated carbocycles. The van der Waals surface area contributed by atoms with Crippen molar-refractivity contribution in [3.8, 4) is 0 Å². The Morgan fingerprint density at radius 1 is 1.37 bits per heavy atom. The minimum Gasteiger partial charge on any atom is -0.478 e. The molecule has 1 fully saturated rings. The third kappa shape index (κ3) is 3.28. The number of nitrogens with one attached hydrogen (secondary N) is 1. The van der Waals surface area contributed by atoms with Crippen LogP contribution < -0.4 is 5.43 Å². The van der Waals surface area contributed by atoms with Crippen LogP contribution in [0.25, 0.3) is 0 Å². The van der Waals surface area contributed by atoms with Crippen LogP contribution in [0, 0.1) is 0 Å². The fourth-order valence-electron chi connectivity index (χ4n) is 2.52. The van der Waals surface area contributed by atoms with E-state index >= 15 is 0 Å². The SMILES string of the molecule is CC1CCCC(C)N1Nc1ccc(C(=O)O)cc1Br. The van der Waals surface area contributed by atoms with Gasteiger partial charge in [0.05, 0.1) is 11.3 Å². The number of carbonyl (C=O) groups is 1. The van der Waals surface area contributed by atoms with Crippen molar-refractivity contribution < 1.29 is 9.90 Å². The molecule has 1 aliphatic heterocycles. The fraction of sp³-hybridized carbons (Fsp3) is 0.500. The van der Waals surface area contributed by atoms with Crippen LogP contribution in [0.1, 0.15) is 43.5 Å². The monoisotopic (exact) mass is 326 g/mol. The number of piperidine rings is 1. The Balaban J connectivity index is 2.16. The first kappa shape index (κ1) is 14.3. The predicted octanol–water partition coefficient (Wildman–Crippen LogP) is 3.74. The lowest BCUT2D eigenvalue weighted by Crippen LogP contribution is -2.47. The highest BCUT2D eigenvalue weighted by Gasteiger charge is 2.25. The first-order chi connectivity index (χ1) is 8.99. The van der Waals surface area contributed by atoms with Gasteiger partial charge in [-0.25, -0.2) is 9.80 Å². The average Bonchev–Trinajstić information content (AvgIpc) is 2.35. The number of aromatic carboxylic acids is 1. The van der Waals surface area contributed by atoms with E-state index in [1.54, 1.807) is 12.1 Å². The summed E-state index contributed by atoms with van der Waals surface area (Å²) >= 11 is 3.43. The Kier molecular flexibility index (Phi) is 4.47. The van der Waals surface area contributed by atoms with Crippen LogP contribution in [0.5, 0.6) is 0 Å². The molecule has 2 rings (SSSR count). The Hall–Kier alpha value is -1.07. The van der Waals surface area contributed by atoms with Crippen molar-refractivity contribution in [2.45, 2.75) is 45.2 Å². The first-order valence-electron chi connectivity index (χ1n) is 6.57. The maximum Gasteiger partial charge on any atom is 0.335 e. The number of halogens is 1. The molecule has 0 aromatic heterocycles. The maximum atomic E-state index is 10.9. The van der Waals surface area contributed by atoms with Gasteiger partial charge in [-0.15, -0.1) is 0 Å². The van der Waals surface area contributed by atoms with E-state index in [0.717, 1.165) is 10.2 Å². The summed E-state index contributed by atoms with van der Waals surface area (Å²) in [5.74, 6) is -0.910. The van der Waals surface area contributed by atoms with Crippen molar-refractivity contribution in [2.75, 3.05) is 5.43 Å². The van der Waals surface area contributed by atoms with Crippen LogP contribution in [0.3, 0.4) is 0 Å². The van der Waals surface area contributed by atoms with E-state index in [4.69, 9.17) is 5.11 Å². The highest BCUT2D eigenvalue weighted by molar-refractivity contribution is 9.10. The Bertz CT molecular complexity index is 469. The van der Waals surface area contributed by atoms with Crippen LogP contribution in [0.4, 0.5) is 5.69 Å². The number of benzene rings is 1. The molecule has 0 aliphatic carbocycles. The summed E-state index contributed by atoms with van der Waals surface area (Å²) in [7, 11) is 0. The second-order valence-corrected chi connectivity index (χ2v) is 6.00. The smallest absolute Gasteiger partial charge is 0.335 e. The molecule has 1 aliphatic rings. The van der Waals surface area contributed by atoms with E-state index in [1.807, 2.05) is 6.07 Å². The summed E-state index contributed by atoms with van der Waals surface area (Å²) in [5, 5.41) is 11.2. The van der Waals surface area contributed by atoms with E-state index < -0.39 is 5.97 Å². The van der Waals surface area contributed by atoms with Crippen LogP contribution in [-0.2, 0) is 0 Å². The van der Waals surface area contributed by atoms with Gasteiger partial charge in [-0.1, -0.05) is 6.42 Å². The Morgan fingerprint density at radius 3 is 2.53 bits per heavy atom. The standard InChI is InChI=1S/C14H19BrN2O2/c1-9-4-3-5-10(2)17(9)16-13-7-6-11(14(18)19)8-12(13)15/h6-10,16H,3-5H2,1-2H3,(H,18,19). The van der Waals surface area contributed by atoms with Crippen LogP contribution in [0.15, 0.2) is 22.7 Å². The number of hydrogen-bond donors (Lipinski definition) is 2. The molecule has 0 amide bonds. The van der Waals surface area contributed by atoms with Gasteiger partial charge in [-0.3, -0.25) is 0 Å². The van der Waals surface area contributed by atoms with Crippen molar-refractivity contribution in [3.05, 3.63) is 28.2 Å². The second-order valence-electron chi connectivity index (χ2n) is 5.15. The molecule has 1 aromatic rings. The number of carboxylic acid groups (broad SMARTS) is 1. The summed E-state index contributed by atoms with van der Waals surface area (Å²) in [6, 6.07) is 6.02. The number of carboxylic acids is 1. The van der Waals surface area contributed by atoms with Gasteiger partial charge in [-0.05, 0) is 60.8 Å². The van der Waals surface area contributed by atoms with Crippen LogP contribution >= 0.6 is 15.9 Å². The molecule has 2 atom stereocenters. The molecular formula is C14H19BrN2O2. The molecule has 0 bridgehead atoms. The van der Waals surface area contributed by atoms with Gasteiger partial charge in [-0.2, -0.15) is 0 Å². The molecular weight excluding hydrogens is 308 g/mol. The van der Waals surface area contributed by atoms with E-state index in [-0.39, 0.29) is 5.56 Å². The minimum atomic E-state index is -0.910. The zero-order valence-corrected chi connectivity index (χ0v) is 12.8. The van der Waals surface area contributed by atoms with Crippen molar-refractivity contribution >= 4 is 27.6 Å². The number of nitrogens with zero attached hydrogens (tertiary/aromatic N) is 1. The summed E-state index contributed by atoms with van der Waals surface area (Å²) in [4.78, 5) is 10.9. The van der Waals surface area contributed by atoms with E-state index in [0.29, 0.717) is 12.1 Å². The van der Waals surface area contributed by atoms with Crippen LogP contribution in [0.2, 0.25) is 0 Å². The summed E-state index contributed by atoms with van der Waals surface area (Å²) in [5.41, 5.74) is 4.61. The van der Waals surface area contributed by atoms with Crippen molar-refractivity contribution in [1.82, 2.24) is 5.01 Å². The van der Waals surface area contributed by atoms with E-state index in [9.17, 15) is 4.79 Å². The number of rotatable bonds is 3. The average molecular weight is 327 g/mol. The van der Waals surface area contributed by atoms with Gasteiger partial charge >= 0.3 is 5.97 Å². The highest BCUT2D eigenvalue weighted by Crippen LogP contribution is 2.28. The van der Waals surface area contributed by atoms with E-state index in [2.05, 4.69) is 40.2 Å². The number of hydrogen-bond acceptors (Lipinski definition) is 3. The van der Waals surface area contributed by atoms with Gasteiger partial charge in [0.25, 0.3) is 0 Å². The summed E-state index contributed by atoms with van der Waals surface area (Å²) in [6.07, 6.45) is 3.63. The predicted molar refractivity (Wildman–Crippen MR) is 79.3 cm³/mol. The fourth-order valence-corrected chi connectivity index (χ4v) is 2.99. The minimum absolute atomic E-state index is 0.289. The lowest BCUT2D eigenvalue weighted by atomic mass is 10.00. The lowest BCUT2D eigenvalue weighted by Gasteiger charge is -2.39. The third-order valence-electron chi connectivity index (χ3n) is 3.66. The van der Waals surface area contributed by atoms with E-state index in [1.165, 1.54) is 19.3 Å². The van der Waals surface area contributed by atoms with Gasteiger partial charge in [0, 0.05) is 16.6 Å². The third-order valence-corrected chi connectivity index (χ3v) is 4.32. The van der Waals surface area contributed by atoms with Crippen LogP contribution in [-0.4, -0.2) is 28.2 Å². The zero-order chi connectivity index (χ0) is 14.0. The number of hydrazine groups is 1. The van der Waals surface area contributed by atoms with Crippen molar-refractivity contribution in [3.63, 3.8) is 0 Å². The molecule has 0 spiro atoms. The molecule has 104 valence electrons. The molecule has 2 N–H and O–H groups in total. The summed E-state index contributed by atoms with van der Waals surface area (Å²) < 4.78 is 0.775.